The molecule has 1 aromatic heterocycles. The molecule has 24 heavy (non-hydrogen) atoms. The zero-order chi connectivity index (χ0) is 18.0. The van der Waals surface area contributed by atoms with Crippen molar-refractivity contribution in [3.8, 4) is 0 Å². The van der Waals surface area contributed by atoms with E-state index in [9.17, 15) is 27.9 Å². The zero-order valence-electron chi connectivity index (χ0n) is 12.6. The lowest BCUT2D eigenvalue weighted by molar-refractivity contribution is -0.137. The van der Waals surface area contributed by atoms with Gasteiger partial charge in [-0.3, -0.25) is 9.59 Å². The molecule has 0 spiro atoms. The van der Waals surface area contributed by atoms with E-state index in [1.165, 1.54) is 6.92 Å². The van der Waals surface area contributed by atoms with Gasteiger partial charge in [0.25, 0.3) is 5.56 Å². The molecular weight excluding hydrogens is 325 g/mol. The van der Waals surface area contributed by atoms with E-state index in [0.717, 1.165) is 0 Å². The predicted octanol–water partition coefficient (Wildman–Crippen LogP) is 2.63. The Labute approximate surface area is 135 Å². The fraction of sp³-hybridized carbons (Fsp3) is 0.250. The molecule has 3 N–H and O–H groups in total. The van der Waals surface area contributed by atoms with Gasteiger partial charge >= 0.3 is 6.18 Å². The summed E-state index contributed by atoms with van der Waals surface area (Å²) in [7, 11) is 0. The highest BCUT2D eigenvalue weighted by atomic mass is 19.4. The van der Waals surface area contributed by atoms with E-state index in [-0.39, 0.29) is 0 Å². The van der Waals surface area contributed by atoms with Crippen LogP contribution >= 0.6 is 0 Å². The Morgan fingerprint density at radius 1 is 1.21 bits per heavy atom. The van der Waals surface area contributed by atoms with Gasteiger partial charge < -0.3 is 15.4 Å². The minimum absolute atomic E-state index is 0.424. The number of halogens is 3. The molecule has 0 fully saturated rings. The third kappa shape index (κ3) is 4.23. The van der Waals surface area contributed by atoms with E-state index in [1.807, 2.05) is 4.98 Å². The van der Waals surface area contributed by atoms with Crippen LogP contribution in [0.1, 0.15) is 24.5 Å². The highest BCUT2D eigenvalue weighted by Gasteiger charge is 2.32. The molecular formula is C16H15F3N2O3. The van der Waals surface area contributed by atoms with Crippen LogP contribution in [0.15, 0.2) is 47.4 Å². The Kier molecular flexibility index (Phi) is 4.79. The number of alkyl halides is 3. The van der Waals surface area contributed by atoms with Crippen LogP contribution in [-0.2, 0) is 16.6 Å². The first-order valence-corrected chi connectivity index (χ1v) is 6.97. The van der Waals surface area contributed by atoms with Crippen LogP contribution in [0.2, 0.25) is 0 Å². The number of hydrogen-bond donors (Lipinski definition) is 3. The number of H-pyrrole nitrogens is 1. The molecule has 5 nitrogen and oxygen atoms in total. The largest absolute Gasteiger partial charge is 0.417 e. The molecule has 0 aliphatic rings. The number of anilines is 1. The van der Waals surface area contributed by atoms with Crippen molar-refractivity contribution in [3.63, 3.8) is 0 Å². The average molecular weight is 340 g/mol. The van der Waals surface area contributed by atoms with Crippen LogP contribution in [-0.4, -0.2) is 16.0 Å². The van der Waals surface area contributed by atoms with Crippen LogP contribution < -0.4 is 10.9 Å². The molecule has 0 saturated heterocycles. The molecule has 1 heterocycles. The zero-order valence-corrected chi connectivity index (χ0v) is 12.6. The second-order valence-electron chi connectivity index (χ2n) is 5.49. The van der Waals surface area contributed by atoms with Crippen molar-refractivity contribution in [2.45, 2.75) is 25.1 Å². The number of benzene rings is 1. The van der Waals surface area contributed by atoms with Gasteiger partial charge in [-0.1, -0.05) is 30.3 Å². The SMILES string of the molecule is CC(O)(CC(=O)Nc1cc(C(F)(F)F)c[nH]c1=O)c1ccccc1. The summed E-state index contributed by atoms with van der Waals surface area (Å²) in [5.41, 5.74) is -3.54. The lowest BCUT2D eigenvalue weighted by atomic mass is 9.92. The Hall–Kier alpha value is -2.61. The highest BCUT2D eigenvalue weighted by molar-refractivity contribution is 5.91. The number of rotatable bonds is 4. The highest BCUT2D eigenvalue weighted by Crippen LogP contribution is 2.29. The minimum atomic E-state index is -4.65. The van der Waals surface area contributed by atoms with Crippen molar-refractivity contribution in [2.24, 2.45) is 0 Å². The third-order valence-electron chi connectivity index (χ3n) is 3.41. The molecule has 8 heteroatoms. The standard InChI is InChI=1S/C16H15F3N2O3/c1-15(24,10-5-3-2-4-6-10)8-13(22)21-12-7-11(16(17,18)19)9-20-14(12)23/h2-7,9,24H,8H2,1H3,(H,20,23)(H,21,22). The third-order valence-corrected chi connectivity index (χ3v) is 3.41. The molecule has 0 bridgehead atoms. The molecule has 2 aromatic rings. The molecule has 1 unspecified atom stereocenters. The summed E-state index contributed by atoms with van der Waals surface area (Å²) in [5.74, 6) is -0.784. The van der Waals surface area contributed by atoms with E-state index >= 15 is 0 Å². The first-order chi connectivity index (χ1) is 11.1. The number of aliphatic hydroxyl groups is 1. The Bertz CT molecular complexity index is 783. The molecule has 2 rings (SSSR count). The molecule has 0 radical (unpaired) electrons. The smallest absolute Gasteiger partial charge is 0.385 e. The van der Waals surface area contributed by atoms with Crippen molar-refractivity contribution in [1.29, 1.82) is 0 Å². The normalized spacial score (nSPS) is 14.0. The quantitative estimate of drug-likeness (QED) is 0.800. The average Bonchev–Trinajstić information content (AvgIpc) is 2.48. The molecule has 1 atom stereocenters. The van der Waals surface area contributed by atoms with Gasteiger partial charge in [0, 0.05) is 6.20 Å². The summed E-state index contributed by atoms with van der Waals surface area (Å²) in [5, 5.41) is 12.5. The first-order valence-electron chi connectivity index (χ1n) is 6.97. The number of amides is 1. The van der Waals surface area contributed by atoms with Gasteiger partial charge in [0.2, 0.25) is 5.91 Å². The van der Waals surface area contributed by atoms with Gasteiger partial charge in [-0.15, -0.1) is 0 Å². The van der Waals surface area contributed by atoms with Crippen molar-refractivity contribution in [1.82, 2.24) is 4.98 Å². The second-order valence-corrected chi connectivity index (χ2v) is 5.49. The molecule has 1 amide bonds. The molecule has 0 saturated carbocycles. The van der Waals surface area contributed by atoms with Crippen LogP contribution in [0.5, 0.6) is 0 Å². The van der Waals surface area contributed by atoms with Gasteiger partial charge in [0.05, 0.1) is 17.6 Å². The van der Waals surface area contributed by atoms with Crippen LogP contribution in [0.3, 0.4) is 0 Å². The fourth-order valence-corrected chi connectivity index (χ4v) is 2.15. The van der Waals surface area contributed by atoms with Crippen molar-refractivity contribution in [3.05, 3.63) is 64.1 Å². The van der Waals surface area contributed by atoms with E-state index < -0.39 is 40.9 Å². The monoisotopic (exact) mass is 340 g/mol. The number of aromatic nitrogens is 1. The number of hydrogen-bond acceptors (Lipinski definition) is 3. The molecule has 1 aromatic carbocycles. The van der Waals surface area contributed by atoms with E-state index in [4.69, 9.17) is 0 Å². The maximum Gasteiger partial charge on any atom is 0.417 e. The Morgan fingerprint density at radius 2 is 1.83 bits per heavy atom. The van der Waals surface area contributed by atoms with E-state index in [1.54, 1.807) is 30.3 Å². The summed E-state index contributed by atoms with van der Waals surface area (Å²) in [4.78, 5) is 25.5. The molecule has 0 aliphatic carbocycles. The number of carbonyl (C=O) groups is 1. The second kappa shape index (κ2) is 6.48. The van der Waals surface area contributed by atoms with Gasteiger partial charge in [-0.05, 0) is 18.6 Å². The number of nitrogens with one attached hydrogen (secondary N) is 2. The summed E-state index contributed by atoms with van der Waals surface area (Å²) in [6, 6.07) is 8.88. The Balaban J connectivity index is 2.17. The maximum absolute atomic E-state index is 12.7. The number of aromatic amines is 1. The van der Waals surface area contributed by atoms with Gasteiger partial charge in [0.15, 0.2) is 0 Å². The lowest BCUT2D eigenvalue weighted by Crippen LogP contribution is -2.30. The fourth-order valence-electron chi connectivity index (χ4n) is 2.15. The first kappa shape index (κ1) is 17.7. The predicted molar refractivity (Wildman–Crippen MR) is 81.3 cm³/mol. The minimum Gasteiger partial charge on any atom is -0.385 e. The van der Waals surface area contributed by atoms with Gasteiger partial charge in [0.1, 0.15) is 5.69 Å². The molecule has 0 aliphatic heterocycles. The number of pyridine rings is 1. The van der Waals surface area contributed by atoms with Gasteiger partial charge in [-0.2, -0.15) is 13.2 Å². The summed E-state index contributed by atoms with van der Waals surface area (Å²) >= 11 is 0. The van der Waals surface area contributed by atoms with Crippen LogP contribution in [0.25, 0.3) is 0 Å². The maximum atomic E-state index is 12.7. The van der Waals surface area contributed by atoms with Gasteiger partial charge in [-0.25, -0.2) is 0 Å². The number of carbonyl (C=O) groups excluding carboxylic acids is 1. The summed E-state index contributed by atoms with van der Waals surface area (Å²) in [6.45, 7) is 1.40. The van der Waals surface area contributed by atoms with Crippen molar-refractivity contribution < 1.29 is 23.1 Å². The van der Waals surface area contributed by atoms with Crippen molar-refractivity contribution >= 4 is 11.6 Å². The van der Waals surface area contributed by atoms with Crippen LogP contribution in [0, 0.1) is 0 Å². The summed E-state index contributed by atoms with van der Waals surface area (Å²) in [6.07, 6.45) is -4.55. The van der Waals surface area contributed by atoms with Crippen molar-refractivity contribution in [2.75, 3.05) is 5.32 Å². The van der Waals surface area contributed by atoms with Crippen LogP contribution in [0.4, 0.5) is 18.9 Å². The summed E-state index contributed by atoms with van der Waals surface area (Å²) < 4.78 is 38.0. The molecule has 128 valence electrons. The lowest BCUT2D eigenvalue weighted by Gasteiger charge is -2.23. The topological polar surface area (TPSA) is 82.2 Å². The van der Waals surface area contributed by atoms with E-state index in [0.29, 0.717) is 17.8 Å². The Morgan fingerprint density at radius 3 is 2.42 bits per heavy atom. The van der Waals surface area contributed by atoms with E-state index in [2.05, 4.69) is 5.32 Å².